The van der Waals surface area contributed by atoms with Gasteiger partial charge in [-0.1, -0.05) is 96.5 Å². The predicted octanol–water partition coefficient (Wildman–Crippen LogP) is 27.3. The van der Waals surface area contributed by atoms with Gasteiger partial charge in [0.15, 0.2) is 28.9 Å². The number of rotatable bonds is 12. The van der Waals surface area contributed by atoms with Crippen LogP contribution in [0.4, 0.5) is 35.1 Å². The number of ether oxygens (including phenoxy) is 2. The SMILES string of the molecule is CC(=O)C=C(C)O.CC(=O)C=C(C)O.CC(=O)C=C(C)O.CC(=O)C=C(C)O.CC(=O)C=C(C)O.COc1cc2c(F)cc(F)cc2nc1-c1[c-]c(C)cc(C)c1.COc1cc[c-]c(-c2ccc3c(F)cc(F)cc3n2)c1.Cc1[c-]c(-c2ccc3ccc(F)cc3n2)cc(C)c1.Cc1[c-]c(-c2nc3cc(F)cc(F)c3cc2C)cc(C)c1.Cc1cc[c-]c(-c2ccc3ccc(F)cc3n2)c1.[Ir].[Ir].[Ir].[Ir].[Ir]. The first-order valence-electron chi connectivity index (χ1n) is 41.5. The van der Waals surface area contributed by atoms with Crippen LogP contribution in [-0.2, 0) is 124 Å². The van der Waals surface area contributed by atoms with Crippen LogP contribution in [-0.4, -0.2) is 93.6 Å². The molecule has 745 valence electrons. The van der Waals surface area contributed by atoms with Crippen molar-refractivity contribution in [2.24, 2.45) is 0 Å². The van der Waals surface area contributed by atoms with Gasteiger partial charge in [0.2, 0.25) is 0 Å². The van der Waals surface area contributed by atoms with Gasteiger partial charge in [0.25, 0.3) is 0 Å². The van der Waals surface area contributed by atoms with E-state index >= 15 is 0 Å². The molecule has 0 fully saturated rings. The first kappa shape index (κ1) is 126. The molecule has 0 aliphatic heterocycles. The van der Waals surface area contributed by atoms with Gasteiger partial charge < -0.3 is 35.0 Å². The van der Waals surface area contributed by atoms with Crippen molar-refractivity contribution in [3.63, 3.8) is 0 Å². The van der Waals surface area contributed by atoms with Gasteiger partial charge in [0.1, 0.15) is 52.3 Å². The zero-order valence-corrected chi connectivity index (χ0v) is 91.9. The van der Waals surface area contributed by atoms with Crippen LogP contribution < -0.4 is 9.47 Å². The smallest absolute Gasteiger partial charge is 0.155 e. The zero-order valence-electron chi connectivity index (χ0n) is 79.9. The Kier molecular flexibility index (Phi) is 54.9. The van der Waals surface area contributed by atoms with Crippen LogP contribution in [0.15, 0.2) is 253 Å². The van der Waals surface area contributed by atoms with E-state index in [0.717, 1.165) is 102 Å². The number of ketones is 5. The average molecular weight is 2800 g/mol. The van der Waals surface area contributed by atoms with Gasteiger partial charge in [0.05, 0.1) is 70.6 Å². The number of allylic oxidation sites excluding steroid dienone is 10. The summed E-state index contributed by atoms with van der Waals surface area (Å²) in [6, 6.07) is 68.9. The number of benzene rings is 10. The molecular weight excluding hydrogens is 2700 g/mol. The minimum atomic E-state index is -0.656. The molecule has 0 saturated heterocycles. The van der Waals surface area contributed by atoms with Crippen molar-refractivity contribution in [1.29, 1.82) is 0 Å². The van der Waals surface area contributed by atoms with Crippen molar-refractivity contribution in [2.45, 2.75) is 125 Å². The molecule has 0 saturated carbocycles. The Morgan fingerprint density at radius 3 is 0.964 bits per heavy atom. The number of carbonyl (C=O) groups is 5. The Morgan fingerprint density at radius 2 is 0.600 bits per heavy atom. The molecule has 0 aliphatic rings. The number of hydrogen-bond donors (Lipinski definition) is 5. The molecule has 5 radical (unpaired) electrons. The third kappa shape index (κ3) is 43.1. The Morgan fingerprint density at radius 1 is 0.293 bits per heavy atom. The van der Waals surface area contributed by atoms with Crippen molar-refractivity contribution >= 4 is 83.4 Å². The molecule has 0 spiro atoms. The van der Waals surface area contributed by atoms with Crippen molar-refractivity contribution in [1.82, 2.24) is 24.9 Å². The average Bonchev–Trinajstić information content (AvgIpc) is 0.794. The summed E-state index contributed by atoms with van der Waals surface area (Å²) in [5, 5.41) is 44.5. The van der Waals surface area contributed by atoms with Crippen molar-refractivity contribution < 1.29 is 195 Å². The fourth-order valence-corrected chi connectivity index (χ4v) is 12.9. The van der Waals surface area contributed by atoms with Crippen LogP contribution in [0.2, 0.25) is 0 Å². The Bertz CT molecular complexity index is 6780. The summed E-state index contributed by atoms with van der Waals surface area (Å²) in [4.78, 5) is 72.2. The van der Waals surface area contributed by atoms with Crippen LogP contribution in [0.25, 0.3) is 111 Å². The topological polar surface area (TPSA) is 269 Å². The summed E-state index contributed by atoms with van der Waals surface area (Å²) in [5.74, 6) is -3.51. The van der Waals surface area contributed by atoms with Gasteiger partial charge in [-0.2, -0.15) is 0 Å². The second kappa shape index (κ2) is 61.2. The summed E-state index contributed by atoms with van der Waals surface area (Å²) in [6.07, 6.45) is 5.83. The van der Waals surface area contributed by atoms with E-state index in [-0.39, 0.29) is 192 Å². The van der Waals surface area contributed by atoms with Crippen LogP contribution in [0.5, 0.6) is 11.5 Å². The summed E-state index contributed by atoms with van der Waals surface area (Å²) in [6.45, 7) is 30.1. The molecule has 0 aliphatic carbocycles. The first-order chi connectivity index (χ1) is 63.5. The molecule has 0 unspecified atom stereocenters. The van der Waals surface area contributed by atoms with Gasteiger partial charge >= 0.3 is 0 Å². The number of aliphatic hydroxyl groups excluding tert-OH is 5. The number of aryl methyl sites for hydroxylation is 8. The van der Waals surface area contributed by atoms with Crippen molar-refractivity contribution in [2.75, 3.05) is 14.2 Å². The number of aromatic nitrogens is 5. The molecule has 15 rings (SSSR count). The van der Waals surface area contributed by atoms with E-state index in [4.69, 9.17) is 35.0 Å². The van der Waals surface area contributed by atoms with Gasteiger partial charge in [-0.15, -0.1) is 170 Å². The van der Waals surface area contributed by atoms with Gasteiger partial charge in [-0.3, -0.25) is 48.9 Å². The number of nitrogens with zero attached hydrogens (tertiary/aromatic N) is 5. The molecule has 5 heterocycles. The second-order valence-electron chi connectivity index (χ2n) is 31.0. The van der Waals surface area contributed by atoms with Crippen molar-refractivity contribution in [3.05, 3.63) is 375 Å². The van der Waals surface area contributed by atoms with Crippen LogP contribution in [0.1, 0.15) is 114 Å². The van der Waals surface area contributed by atoms with E-state index in [1.54, 1.807) is 55.6 Å². The minimum absolute atomic E-state index is 0. The maximum Gasteiger partial charge on any atom is 0.155 e. The van der Waals surface area contributed by atoms with E-state index < -0.39 is 34.9 Å². The standard InChI is InChI=1S/C18H14F2NO.C18H14F2N.C17H13FN.C16H10F2NO.C16H11FN.5C5H8O2.5Ir/c1-10-4-11(2)6-12(5-10)18-17(22-3)9-14-15(20)7-13(19)8-16(14)21-18;1-10-4-11(2)6-13(5-10)18-12(3)7-15-16(20)8-14(19)9-17(15)21-18;1-11-7-12(2)9-14(8-11)16-6-4-13-3-5-15(18)10-17(13)19-16;1-20-12-4-2-3-10(7-12)15-6-5-13-14(18)8-11(17)9-16(13)19-15;1-11-3-2-4-13(9-11)15-8-6-12-5-7-14(17)10-16(12)18-15;5*1-4(6)3-5(2)7;;;;;/h4-5,7-9H,1-3H3;4-5,7-9H,1-3H3;3-8,10H,1-2H3;2,4-9H,1H3;2-3,5-10H,1H3;5*3,6H,1-2H3;;;;;/q5*-1;;;;;;;;;;. The molecule has 10 aromatic carbocycles. The van der Waals surface area contributed by atoms with Crippen molar-refractivity contribution in [3.8, 4) is 67.8 Å². The molecule has 140 heavy (non-hydrogen) atoms. The van der Waals surface area contributed by atoms with Crippen LogP contribution in [0.3, 0.4) is 0 Å². The monoisotopic (exact) mass is 2800 g/mol. The molecule has 30 heteroatoms. The molecule has 5 aromatic heterocycles. The fourth-order valence-electron chi connectivity index (χ4n) is 12.9. The van der Waals surface area contributed by atoms with E-state index in [2.05, 4.69) is 61.3 Å². The van der Waals surface area contributed by atoms with E-state index in [9.17, 15) is 59.1 Å². The fraction of sp³-hybridized carbons (Fsp3) is 0.182. The molecule has 17 nitrogen and oxygen atoms in total. The van der Waals surface area contributed by atoms with Gasteiger partial charge in [-0.25, -0.2) is 35.1 Å². The molecular formula is C110H102F8Ir5N5O12-5. The summed E-state index contributed by atoms with van der Waals surface area (Å²) in [5.41, 5.74) is 18.2. The Labute approximate surface area is 877 Å². The summed E-state index contributed by atoms with van der Waals surface area (Å²) < 4.78 is 118. The van der Waals surface area contributed by atoms with E-state index in [1.165, 1.54) is 161 Å². The van der Waals surface area contributed by atoms with E-state index in [1.807, 2.05) is 128 Å². The molecule has 0 amide bonds. The number of pyridine rings is 5. The molecule has 5 N–H and O–H groups in total. The van der Waals surface area contributed by atoms with Gasteiger partial charge in [-0.05, 0) is 170 Å². The predicted molar refractivity (Wildman–Crippen MR) is 516 cm³/mol. The number of halogens is 8. The summed E-state index contributed by atoms with van der Waals surface area (Å²) in [7, 11) is 3.06. The number of carbonyl (C=O) groups excluding carboxylic acids is 5. The molecule has 15 aromatic rings. The zero-order chi connectivity index (χ0) is 100. The molecule has 0 bridgehead atoms. The maximum atomic E-state index is 13.9. The van der Waals surface area contributed by atoms with Gasteiger partial charge in [0, 0.05) is 177 Å². The largest absolute Gasteiger partial charge is 0.516 e. The van der Waals surface area contributed by atoms with Crippen LogP contribution >= 0.6 is 0 Å². The third-order valence-corrected chi connectivity index (χ3v) is 17.9. The first-order valence-corrected chi connectivity index (χ1v) is 41.5. The third-order valence-electron chi connectivity index (χ3n) is 17.9. The minimum Gasteiger partial charge on any atom is -0.516 e. The normalized spacial score (nSPS) is 10.6. The molecule has 0 atom stereocenters. The Hall–Kier alpha value is -12.4. The van der Waals surface area contributed by atoms with E-state index in [0.29, 0.717) is 56.1 Å². The maximum absolute atomic E-state index is 13.9. The number of fused-ring (bicyclic) bond motifs is 5. The summed E-state index contributed by atoms with van der Waals surface area (Å²) >= 11 is 0. The Balaban J connectivity index is 0.000000800. The second-order valence-corrected chi connectivity index (χ2v) is 31.0. The van der Waals surface area contributed by atoms with Crippen LogP contribution in [0, 0.1) is 132 Å². The quantitative estimate of drug-likeness (QED) is 0.0329. The number of methoxy groups -OCH3 is 2. The number of hydrogen-bond acceptors (Lipinski definition) is 17. The number of aliphatic hydroxyl groups is 5.